The number of hydrogen-bond donors (Lipinski definition) is 1. The summed E-state index contributed by atoms with van der Waals surface area (Å²) in [6.45, 7) is 3.02. The molecule has 0 bridgehead atoms. The van der Waals surface area contributed by atoms with Crippen LogP contribution in [0, 0.1) is 17.0 Å². The van der Waals surface area contributed by atoms with E-state index in [2.05, 4.69) is 0 Å². The van der Waals surface area contributed by atoms with E-state index in [-0.39, 0.29) is 18.5 Å². The molecule has 20 heavy (non-hydrogen) atoms. The van der Waals surface area contributed by atoms with Crippen LogP contribution in [0.15, 0.2) is 23.1 Å². The van der Waals surface area contributed by atoms with Crippen LogP contribution in [0.4, 0.5) is 8.78 Å². The van der Waals surface area contributed by atoms with E-state index in [1.807, 2.05) is 6.92 Å². The SMILES string of the molecule is CC1(CN)CCN(S(=O)(=O)c2cc(F)ccc2F)CC1. The zero-order valence-corrected chi connectivity index (χ0v) is 12.1. The van der Waals surface area contributed by atoms with Gasteiger partial charge in [-0.3, -0.25) is 0 Å². The lowest BCUT2D eigenvalue weighted by Crippen LogP contribution is -2.44. The maximum absolute atomic E-state index is 13.6. The lowest BCUT2D eigenvalue weighted by atomic mass is 9.81. The van der Waals surface area contributed by atoms with Gasteiger partial charge in [0.1, 0.15) is 16.5 Å². The van der Waals surface area contributed by atoms with Crippen molar-refractivity contribution in [1.29, 1.82) is 0 Å². The molecule has 2 N–H and O–H groups in total. The summed E-state index contributed by atoms with van der Waals surface area (Å²) in [5, 5.41) is 0. The summed E-state index contributed by atoms with van der Waals surface area (Å²) in [7, 11) is -4.00. The monoisotopic (exact) mass is 304 g/mol. The third-order valence-corrected chi connectivity index (χ3v) is 5.85. The molecular formula is C13H18F2N2O2S. The lowest BCUT2D eigenvalue weighted by molar-refractivity contribution is 0.182. The van der Waals surface area contributed by atoms with Gasteiger partial charge in [0.05, 0.1) is 0 Å². The summed E-state index contributed by atoms with van der Waals surface area (Å²) >= 11 is 0. The minimum Gasteiger partial charge on any atom is -0.330 e. The summed E-state index contributed by atoms with van der Waals surface area (Å²) in [6.07, 6.45) is 1.22. The predicted molar refractivity (Wildman–Crippen MR) is 71.5 cm³/mol. The van der Waals surface area contributed by atoms with Crippen molar-refractivity contribution in [2.45, 2.75) is 24.7 Å². The Balaban J connectivity index is 2.26. The molecule has 1 fully saturated rings. The number of halogens is 2. The molecule has 0 saturated carbocycles. The van der Waals surface area contributed by atoms with Crippen LogP contribution < -0.4 is 5.73 Å². The first-order valence-corrected chi connectivity index (χ1v) is 7.88. The van der Waals surface area contributed by atoms with E-state index in [0.29, 0.717) is 19.4 Å². The van der Waals surface area contributed by atoms with Crippen LogP contribution in [-0.4, -0.2) is 32.4 Å². The molecule has 1 heterocycles. The van der Waals surface area contributed by atoms with Crippen LogP contribution >= 0.6 is 0 Å². The highest BCUT2D eigenvalue weighted by Gasteiger charge is 2.35. The van der Waals surface area contributed by atoms with Crippen molar-refractivity contribution >= 4 is 10.0 Å². The number of hydrogen-bond acceptors (Lipinski definition) is 3. The summed E-state index contributed by atoms with van der Waals surface area (Å²) in [6, 6.07) is 2.45. The van der Waals surface area contributed by atoms with E-state index in [1.54, 1.807) is 0 Å². The largest absolute Gasteiger partial charge is 0.330 e. The minimum atomic E-state index is -4.00. The summed E-state index contributed by atoms with van der Waals surface area (Å²) in [4.78, 5) is -0.603. The first-order valence-electron chi connectivity index (χ1n) is 6.44. The second-order valence-electron chi connectivity index (χ2n) is 5.49. The highest BCUT2D eigenvalue weighted by molar-refractivity contribution is 7.89. The van der Waals surface area contributed by atoms with E-state index in [4.69, 9.17) is 5.73 Å². The molecule has 0 aromatic heterocycles. The molecule has 7 heteroatoms. The third kappa shape index (κ3) is 2.84. The maximum Gasteiger partial charge on any atom is 0.246 e. The van der Waals surface area contributed by atoms with Gasteiger partial charge in [0, 0.05) is 13.1 Å². The maximum atomic E-state index is 13.6. The standard InChI is InChI=1S/C13H18F2N2O2S/c1-13(9-16)4-6-17(7-5-13)20(18,19)12-8-10(14)2-3-11(12)15/h2-3,8H,4-7,9,16H2,1H3. The summed E-state index contributed by atoms with van der Waals surface area (Å²) in [5.74, 6) is -1.70. The molecule has 0 unspecified atom stereocenters. The van der Waals surface area contributed by atoms with Gasteiger partial charge in [-0.05, 0) is 43.0 Å². The summed E-state index contributed by atoms with van der Waals surface area (Å²) in [5.41, 5.74) is 5.58. The van der Waals surface area contributed by atoms with Gasteiger partial charge in [-0.15, -0.1) is 0 Å². The van der Waals surface area contributed by atoms with E-state index in [0.717, 1.165) is 18.2 Å². The molecule has 0 spiro atoms. The quantitative estimate of drug-likeness (QED) is 0.924. The van der Waals surface area contributed by atoms with Gasteiger partial charge in [0.2, 0.25) is 10.0 Å². The van der Waals surface area contributed by atoms with E-state index >= 15 is 0 Å². The highest BCUT2D eigenvalue weighted by Crippen LogP contribution is 2.32. The Hall–Kier alpha value is -1.05. The molecule has 0 amide bonds. The Morgan fingerprint density at radius 2 is 1.90 bits per heavy atom. The Morgan fingerprint density at radius 1 is 1.30 bits per heavy atom. The van der Waals surface area contributed by atoms with Crippen molar-refractivity contribution in [3.63, 3.8) is 0 Å². The Morgan fingerprint density at radius 3 is 2.45 bits per heavy atom. The van der Waals surface area contributed by atoms with Gasteiger partial charge in [0.15, 0.2) is 0 Å². The number of benzene rings is 1. The van der Waals surface area contributed by atoms with Gasteiger partial charge >= 0.3 is 0 Å². The van der Waals surface area contributed by atoms with Gasteiger partial charge < -0.3 is 5.73 Å². The van der Waals surface area contributed by atoms with Crippen molar-refractivity contribution in [2.75, 3.05) is 19.6 Å². The number of sulfonamides is 1. The molecule has 2 rings (SSSR count). The van der Waals surface area contributed by atoms with Crippen LogP contribution in [-0.2, 0) is 10.0 Å². The number of nitrogens with zero attached hydrogens (tertiary/aromatic N) is 1. The van der Waals surface area contributed by atoms with Crippen LogP contribution in [0.25, 0.3) is 0 Å². The Labute approximate surface area is 117 Å². The fourth-order valence-corrected chi connectivity index (χ4v) is 3.80. The Kier molecular flexibility index (Phi) is 4.13. The van der Waals surface area contributed by atoms with Crippen molar-refractivity contribution in [2.24, 2.45) is 11.1 Å². The zero-order chi connectivity index (χ0) is 15.0. The molecule has 0 radical (unpaired) electrons. The van der Waals surface area contributed by atoms with Crippen LogP contribution in [0.2, 0.25) is 0 Å². The van der Waals surface area contributed by atoms with Crippen LogP contribution in [0.1, 0.15) is 19.8 Å². The Bertz CT molecular complexity index is 596. The molecule has 0 atom stereocenters. The molecule has 1 aromatic carbocycles. The van der Waals surface area contributed by atoms with E-state index < -0.39 is 26.6 Å². The smallest absolute Gasteiger partial charge is 0.246 e. The third-order valence-electron chi connectivity index (χ3n) is 3.93. The molecule has 4 nitrogen and oxygen atoms in total. The predicted octanol–water partition coefficient (Wildman–Crippen LogP) is 1.71. The molecule has 1 aliphatic rings. The van der Waals surface area contributed by atoms with Crippen molar-refractivity contribution in [3.05, 3.63) is 29.8 Å². The normalized spacial score (nSPS) is 20.0. The summed E-state index contributed by atoms with van der Waals surface area (Å²) < 4.78 is 52.7. The number of nitrogens with two attached hydrogens (primary N) is 1. The molecule has 1 aliphatic heterocycles. The number of piperidine rings is 1. The molecular weight excluding hydrogens is 286 g/mol. The van der Waals surface area contributed by atoms with E-state index in [9.17, 15) is 17.2 Å². The highest BCUT2D eigenvalue weighted by atomic mass is 32.2. The van der Waals surface area contributed by atoms with Crippen LogP contribution in [0.5, 0.6) is 0 Å². The van der Waals surface area contributed by atoms with Gasteiger partial charge in [-0.25, -0.2) is 17.2 Å². The van der Waals surface area contributed by atoms with Gasteiger partial charge in [-0.2, -0.15) is 4.31 Å². The second kappa shape index (κ2) is 5.38. The van der Waals surface area contributed by atoms with Crippen LogP contribution in [0.3, 0.4) is 0 Å². The fraction of sp³-hybridized carbons (Fsp3) is 0.538. The molecule has 1 aromatic rings. The van der Waals surface area contributed by atoms with Crippen molar-refractivity contribution < 1.29 is 17.2 Å². The molecule has 112 valence electrons. The van der Waals surface area contributed by atoms with Gasteiger partial charge in [-0.1, -0.05) is 6.92 Å². The van der Waals surface area contributed by atoms with Crippen molar-refractivity contribution in [1.82, 2.24) is 4.31 Å². The lowest BCUT2D eigenvalue weighted by Gasteiger charge is -2.37. The minimum absolute atomic E-state index is 0.0908. The first-order chi connectivity index (χ1) is 9.28. The van der Waals surface area contributed by atoms with Crippen molar-refractivity contribution in [3.8, 4) is 0 Å². The topological polar surface area (TPSA) is 63.4 Å². The number of rotatable bonds is 3. The zero-order valence-electron chi connectivity index (χ0n) is 11.3. The van der Waals surface area contributed by atoms with Gasteiger partial charge in [0.25, 0.3) is 0 Å². The fourth-order valence-electron chi connectivity index (χ4n) is 2.28. The molecule has 0 aliphatic carbocycles. The average Bonchev–Trinajstić information content (AvgIpc) is 2.42. The molecule has 1 saturated heterocycles. The first kappa shape index (κ1) is 15.3. The second-order valence-corrected chi connectivity index (χ2v) is 7.40. The average molecular weight is 304 g/mol. The van der Waals surface area contributed by atoms with E-state index in [1.165, 1.54) is 4.31 Å².